The van der Waals surface area contributed by atoms with E-state index in [0.717, 1.165) is 43.4 Å². The van der Waals surface area contributed by atoms with Crippen molar-refractivity contribution in [2.75, 3.05) is 57.9 Å². The first-order valence-electron chi connectivity index (χ1n) is 8.66. The number of carbonyl (C=O) groups is 1. The second-order valence-corrected chi connectivity index (χ2v) is 6.63. The van der Waals surface area contributed by atoms with Gasteiger partial charge < -0.3 is 14.4 Å². The van der Waals surface area contributed by atoms with Gasteiger partial charge in [-0.05, 0) is 26.0 Å². The van der Waals surface area contributed by atoms with Crippen molar-refractivity contribution in [2.45, 2.75) is 19.9 Å². The summed E-state index contributed by atoms with van der Waals surface area (Å²) in [5.41, 5.74) is 0.811. The molecule has 0 atom stereocenters. The highest BCUT2D eigenvalue weighted by Gasteiger charge is 2.27. The van der Waals surface area contributed by atoms with E-state index in [1.54, 1.807) is 7.11 Å². The number of anilines is 1. The Balaban J connectivity index is 1.64. The summed E-state index contributed by atoms with van der Waals surface area (Å²) in [6, 6.07) is 6.18. The van der Waals surface area contributed by atoms with Crippen LogP contribution in [0.4, 0.5) is 5.69 Å². The smallest absolute Gasteiger partial charge is 0.241 e. The van der Waals surface area contributed by atoms with Gasteiger partial charge in [-0.15, -0.1) is 0 Å². The van der Waals surface area contributed by atoms with Gasteiger partial charge in [-0.2, -0.15) is 0 Å². The van der Waals surface area contributed by atoms with Gasteiger partial charge in [-0.1, -0.05) is 0 Å². The molecular formula is C18H27N3O3. The molecule has 1 amide bonds. The maximum absolute atomic E-state index is 12.8. The maximum atomic E-state index is 12.8. The molecule has 0 saturated carbocycles. The predicted octanol–water partition coefficient (Wildman–Crippen LogP) is 1.45. The lowest BCUT2D eigenvalue weighted by molar-refractivity contribution is -0.120. The maximum Gasteiger partial charge on any atom is 0.241 e. The number of ether oxygens (including phenoxy) is 2. The van der Waals surface area contributed by atoms with Gasteiger partial charge in [0.1, 0.15) is 18.1 Å². The second kappa shape index (κ2) is 7.40. The largest absolute Gasteiger partial charge is 0.497 e. The van der Waals surface area contributed by atoms with Gasteiger partial charge in [-0.25, -0.2) is 0 Å². The molecule has 0 aromatic heterocycles. The molecule has 1 aromatic rings. The van der Waals surface area contributed by atoms with Gasteiger partial charge in [0.15, 0.2) is 0 Å². The van der Waals surface area contributed by atoms with Gasteiger partial charge in [0.2, 0.25) is 5.91 Å². The number of amides is 1. The van der Waals surface area contributed by atoms with Gasteiger partial charge in [0.25, 0.3) is 0 Å². The van der Waals surface area contributed by atoms with Crippen LogP contribution in [0.25, 0.3) is 0 Å². The third-order valence-corrected chi connectivity index (χ3v) is 4.83. The van der Waals surface area contributed by atoms with Crippen LogP contribution in [-0.4, -0.2) is 74.7 Å². The third-order valence-electron chi connectivity index (χ3n) is 4.83. The lowest BCUT2D eigenvalue weighted by Gasteiger charge is -2.38. The topological polar surface area (TPSA) is 45.2 Å². The SMILES string of the molecule is COc1ccc2c(c1)N(C(=O)CN1CCN(C(C)C)CC1)CCO2. The Morgan fingerprint density at radius 1 is 1.21 bits per heavy atom. The minimum Gasteiger partial charge on any atom is -0.497 e. The summed E-state index contributed by atoms with van der Waals surface area (Å²) in [6.45, 7) is 9.97. The van der Waals surface area contributed by atoms with Crippen molar-refractivity contribution in [2.24, 2.45) is 0 Å². The first kappa shape index (κ1) is 17.0. The van der Waals surface area contributed by atoms with Crippen molar-refractivity contribution >= 4 is 11.6 Å². The second-order valence-electron chi connectivity index (χ2n) is 6.63. The fourth-order valence-corrected chi connectivity index (χ4v) is 3.30. The average Bonchev–Trinajstić information content (AvgIpc) is 2.61. The monoisotopic (exact) mass is 333 g/mol. The number of nitrogens with zero attached hydrogens (tertiary/aromatic N) is 3. The van der Waals surface area contributed by atoms with Crippen LogP contribution in [0.3, 0.4) is 0 Å². The van der Waals surface area contributed by atoms with E-state index in [2.05, 4.69) is 23.6 Å². The zero-order valence-electron chi connectivity index (χ0n) is 14.8. The van der Waals surface area contributed by atoms with Crippen LogP contribution in [0.15, 0.2) is 18.2 Å². The Hall–Kier alpha value is -1.79. The third kappa shape index (κ3) is 3.65. The van der Waals surface area contributed by atoms with Crippen LogP contribution in [0.2, 0.25) is 0 Å². The molecule has 1 aromatic carbocycles. The van der Waals surface area contributed by atoms with Crippen LogP contribution in [0, 0.1) is 0 Å². The molecule has 0 unspecified atom stereocenters. The molecule has 0 spiro atoms. The minimum absolute atomic E-state index is 0.130. The standard InChI is InChI=1S/C18H27N3O3/c1-14(2)20-8-6-19(7-9-20)13-18(22)21-10-11-24-17-5-4-15(23-3)12-16(17)21/h4-5,12,14H,6-11,13H2,1-3H3. The molecular weight excluding hydrogens is 306 g/mol. The fourth-order valence-electron chi connectivity index (χ4n) is 3.30. The Morgan fingerprint density at radius 3 is 2.62 bits per heavy atom. The molecule has 2 heterocycles. The van der Waals surface area contributed by atoms with E-state index in [1.807, 2.05) is 23.1 Å². The van der Waals surface area contributed by atoms with Crippen molar-refractivity contribution in [3.63, 3.8) is 0 Å². The van der Waals surface area contributed by atoms with Crippen molar-refractivity contribution in [1.29, 1.82) is 0 Å². The zero-order chi connectivity index (χ0) is 17.1. The number of benzene rings is 1. The van der Waals surface area contributed by atoms with E-state index in [4.69, 9.17) is 9.47 Å². The van der Waals surface area contributed by atoms with E-state index in [0.29, 0.717) is 25.7 Å². The van der Waals surface area contributed by atoms with E-state index < -0.39 is 0 Å². The highest BCUT2D eigenvalue weighted by molar-refractivity contribution is 5.96. The Bertz CT molecular complexity index is 583. The molecule has 3 rings (SSSR count). The van der Waals surface area contributed by atoms with Gasteiger partial charge >= 0.3 is 0 Å². The van der Waals surface area contributed by atoms with E-state index in [-0.39, 0.29) is 5.91 Å². The lowest BCUT2D eigenvalue weighted by atomic mass is 10.2. The van der Waals surface area contributed by atoms with Gasteiger partial charge in [-0.3, -0.25) is 14.6 Å². The van der Waals surface area contributed by atoms with Crippen molar-refractivity contribution in [3.05, 3.63) is 18.2 Å². The van der Waals surface area contributed by atoms with Gasteiger partial charge in [0.05, 0.1) is 25.9 Å². The number of methoxy groups -OCH3 is 1. The van der Waals surface area contributed by atoms with Crippen LogP contribution < -0.4 is 14.4 Å². The van der Waals surface area contributed by atoms with Crippen LogP contribution in [0.5, 0.6) is 11.5 Å². The van der Waals surface area contributed by atoms with E-state index in [1.165, 1.54) is 0 Å². The molecule has 6 heteroatoms. The number of fused-ring (bicyclic) bond motifs is 1. The fraction of sp³-hybridized carbons (Fsp3) is 0.611. The predicted molar refractivity (Wildman–Crippen MR) is 94.0 cm³/mol. The molecule has 2 aliphatic heterocycles. The highest BCUT2D eigenvalue weighted by Crippen LogP contribution is 2.35. The molecule has 1 fully saturated rings. The molecule has 0 N–H and O–H groups in total. The van der Waals surface area contributed by atoms with Crippen molar-refractivity contribution < 1.29 is 14.3 Å². The molecule has 1 saturated heterocycles. The summed E-state index contributed by atoms with van der Waals surface area (Å²) in [4.78, 5) is 19.3. The minimum atomic E-state index is 0.130. The quantitative estimate of drug-likeness (QED) is 0.834. The first-order chi connectivity index (χ1) is 11.6. The van der Waals surface area contributed by atoms with Crippen LogP contribution in [0.1, 0.15) is 13.8 Å². The number of hydrogen-bond donors (Lipinski definition) is 0. The summed E-state index contributed by atoms with van der Waals surface area (Å²) >= 11 is 0. The summed E-state index contributed by atoms with van der Waals surface area (Å²) in [7, 11) is 1.63. The number of piperazine rings is 1. The normalized spacial score (nSPS) is 19.1. The Labute approximate surface area is 143 Å². The summed E-state index contributed by atoms with van der Waals surface area (Å²) < 4.78 is 10.9. The van der Waals surface area contributed by atoms with Crippen molar-refractivity contribution in [3.8, 4) is 11.5 Å². The number of carbonyl (C=O) groups excluding carboxylic acids is 1. The molecule has 0 bridgehead atoms. The average molecular weight is 333 g/mol. The number of rotatable bonds is 4. The molecule has 0 aliphatic carbocycles. The molecule has 0 radical (unpaired) electrons. The van der Waals surface area contributed by atoms with E-state index >= 15 is 0 Å². The van der Waals surface area contributed by atoms with Crippen molar-refractivity contribution in [1.82, 2.24) is 9.80 Å². The Kier molecular flexibility index (Phi) is 5.26. The summed E-state index contributed by atoms with van der Waals surface area (Å²) in [5, 5.41) is 0. The van der Waals surface area contributed by atoms with Gasteiger partial charge in [0, 0.05) is 38.3 Å². The molecule has 24 heavy (non-hydrogen) atoms. The summed E-state index contributed by atoms with van der Waals surface area (Å²) in [5.74, 6) is 1.62. The van der Waals surface area contributed by atoms with Crippen LogP contribution in [-0.2, 0) is 4.79 Å². The summed E-state index contributed by atoms with van der Waals surface area (Å²) in [6.07, 6.45) is 0. The molecule has 132 valence electrons. The molecule has 2 aliphatic rings. The Morgan fingerprint density at radius 2 is 1.96 bits per heavy atom. The lowest BCUT2D eigenvalue weighted by Crippen LogP contribution is -2.52. The zero-order valence-corrected chi connectivity index (χ0v) is 14.8. The first-order valence-corrected chi connectivity index (χ1v) is 8.66. The van der Waals surface area contributed by atoms with E-state index in [9.17, 15) is 4.79 Å². The molecule has 6 nitrogen and oxygen atoms in total. The highest BCUT2D eigenvalue weighted by atomic mass is 16.5. The van der Waals surface area contributed by atoms with Crippen LogP contribution >= 0.6 is 0 Å². The number of hydrogen-bond acceptors (Lipinski definition) is 5.